The number of rotatable bonds is 9. The molecule has 0 fully saturated rings. The van der Waals surface area contributed by atoms with E-state index >= 15 is 0 Å². The van der Waals surface area contributed by atoms with Gasteiger partial charge in [-0.25, -0.2) is 4.99 Å². The first-order valence-electron chi connectivity index (χ1n) is 10.2. The molecule has 7 nitrogen and oxygen atoms in total. The lowest BCUT2D eigenvalue weighted by Gasteiger charge is -2.13. The Kier molecular flexibility index (Phi) is 7.44. The molecule has 1 aromatic carbocycles. The minimum atomic E-state index is 0.629. The molecule has 2 heterocycles. The maximum atomic E-state index is 4.78. The van der Waals surface area contributed by atoms with Gasteiger partial charge in [0.05, 0.1) is 18.8 Å². The first-order valence-corrected chi connectivity index (χ1v) is 10.2. The standard InChI is InChI=1S/C22H31N7/c1-4-23-22(24-11-7-14-29-19(3)15-18(2)27-29)25-16-20-9-5-6-10-21(20)17-28-13-8-12-26-28/h5-6,8-10,12-13,15H,4,7,11,14,16-17H2,1-3H3,(H2,23,24,25). The van der Waals surface area contributed by atoms with Crippen LogP contribution < -0.4 is 10.6 Å². The van der Waals surface area contributed by atoms with Crippen LogP contribution in [0.5, 0.6) is 0 Å². The summed E-state index contributed by atoms with van der Waals surface area (Å²) >= 11 is 0. The molecule has 2 aromatic heterocycles. The minimum Gasteiger partial charge on any atom is -0.357 e. The van der Waals surface area contributed by atoms with Gasteiger partial charge in [-0.05, 0) is 50.5 Å². The third-order valence-corrected chi connectivity index (χ3v) is 4.70. The molecule has 0 aliphatic rings. The maximum Gasteiger partial charge on any atom is 0.191 e. The van der Waals surface area contributed by atoms with E-state index in [9.17, 15) is 0 Å². The number of aryl methyl sites for hydroxylation is 3. The zero-order valence-electron chi connectivity index (χ0n) is 17.6. The summed E-state index contributed by atoms with van der Waals surface area (Å²) in [6, 6.07) is 12.5. The molecule has 0 saturated heterocycles. The molecule has 0 amide bonds. The van der Waals surface area contributed by atoms with Gasteiger partial charge in [0.25, 0.3) is 0 Å². The largest absolute Gasteiger partial charge is 0.357 e. The first kappa shape index (κ1) is 20.6. The highest BCUT2D eigenvalue weighted by atomic mass is 15.3. The van der Waals surface area contributed by atoms with E-state index < -0.39 is 0 Å². The fourth-order valence-electron chi connectivity index (χ4n) is 3.28. The van der Waals surface area contributed by atoms with Crippen molar-refractivity contribution in [1.82, 2.24) is 30.2 Å². The van der Waals surface area contributed by atoms with Gasteiger partial charge >= 0.3 is 0 Å². The van der Waals surface area contributed by atoms with E-state index in [-0.39, 0.29) is 0 Å². The van der Waals surface area contributed by atoms with Crippen molar-refractivity contribution < 1.29 is 0 Å². The van der Waals surface area contributed by atoms with E-state index in [0.717, 1.165) is 44.3 Å². The average molecular weight is 394 g/mol. The molecule has 0 bridgehead atoms. The number of benzene rings is 1. The van der Waals surface area contributed by atoms with Crippen LogP contribution in [0.25, 0.3) is 0 Å². The topological polar surface area (TPSA) is 72.1 Å². The average Bonchev–Trinajstić information content (AvgIpc) is 3.33. The van der Waals surface area contributed by atoms with Gasteiger partial charge in [0.1, 0.15) is 0 Å². The van der Waals surface area contributed by atoms with Crippen LogP contribution in [0.15, 0.2) is 53.8 Å². The second kappa shape index (κ2) is 10.5. The number of aromatic nitrogens is 4. The predicted octanol–water partition coefficient (Wildman–Crippen LogP) is 2.89. The highest BCUT2D eigenvalue weighted by molar-refractivity contribution is 5.79. The number of nitrogens with zero attached hydrogens (tertiary/aromatic N) is 5. The zero-order chi connectivity index (χ0) is 20.5. The van der Waals surface area contributed by atoms with E-state index in [1.807, 2.05) is 23.9 Å². The van der Waals surface area contributed by atoms with Crippen LogP contribution in [0.3, 0.4) is 0 Å². The number of hydrogen-bond donors (Lipinski definition) is 2. The fraction of sp³-hybridized carbons (Fsp3) is 0.409. The van der Waals surface area contributed by atoms with Crippen LogP contribution in [0.1, 0.15) is 35.9 Å². The number of guanidine groups is 1. The minimum absolute atomic E-state index is 0.629. The SMILES string of the molecule is CCNC(=NCc1ccccc1Cn1cccn1)NCCCn1nc(C)cc1C. The normalized spacial score (nSPS) is 11.6. The van der Waals surface area contributed by atoms with Gasteiger partial charge in [-0.3, -0.25) is 9.36 Å². The van der Waals surface area contributed by atoms with Gasteiger partial charge < -0.3 is 10.6 Å². The Bertz CT molecular complexity index is 909. The van der Waals surface area contributed by atoms with Gasteiger partial charge in [0.2, 0.25) is 0 Å². The summed E-state index contributed by atoms with van der Waals surface area (Å²) in [5, 5.41) is 15.6. The third kappa shape index (κ3) is 6.20. The summed E-state index contributed by atoms with van der Waals surface area (Å²) in [6.45, 7) is 10.2. The van der Waals surface area contributed by atoms with Gasteiger partial charge in [0, 0.05) is 37.7 Å². The molecule has 0 radical (unpaired) electrons. The zero-order valence-corrected chi connectivity index (χ0v) is 17.6. The molecule has 154 valence electrons. The summed E-state index contributed by atoms with van der Waals surface area (Å²) in [6.07, 6.45) is 4.77. The van der Waals surface area contributed by atoms with Crippen LogP contribution >= 0.6 is 0 Å². The van der Waals surface area contributed by atoms with Crippen molar-refractivity contribution in [1.29, 1.82) is 0 Å². The van der Waals surface area contributed by atoms with E-state index in [0.29, 0.717) is 6.54 Å². The molecule has 29 heavy (non-hydrogen) atoms. The summed E-state index contributed by atoms with van der Waals surface area (Å²) in [5.41, 5.74) is 4.72. The lowest BCUT2D eigenvalue weighted by molar-refractivity contribution is 0.555. The molecule has 7 heteroatoms. The highest BCUT2D eigenvalue weighted by Crippen LogP contribution is 2.11. The summed E-state index contributed by atoms with van der Waals surface area (Å²) in [5.74, 6) is 0.842. The molecule has 0 aliphatic carbocycles. The van der Waals surface area contributed by atoms with E-state index in [4.69, 9.17) is 4.99 Å². The lowest BCUT2D eigenvalue weighted by Crippen LogP contribution is -2.38. The molecule has 2 N–H and O–H groups in total. The maximum absolute atomic E-state index is 4.78. The molecule has 0 aliphatic heterocycles. The van der Waals surface area contributed by atoms with Crippen molar-refractivity contribution in [2.75, 3.05) is 13.1 Å². The van der Waals surface area contributed by atoms with Crippen LogP contribution in [0, 0.1) is 13.8 Å². The smallest absolute Gasteiger partial charge is 0.191 e. The summed E-state index contributed by atoms with van der Waals surface area (Å²) in [7, 11) is 0. The van der Waals surface area contributed by atoms with Crippen molar-refractivity contribution in [3.8, 4) is 0 Å². The van der Waals surface area contributed by atoms with Crippen LogP contribution in [-0.4, -0.2) is 38.6 Å². The monoisotopic (exact) mass is 393 g/mol. The Hall–Kier alpha value is -3.09. The molecule has 0 atom stereocenters. The van der Waals surface area contributed by atoms with Gasteiger partial charge in [-0.15, -0.1) is 0 Å². The van der Waals surface area contributed by atoms with Gasteiger partial charge in [0.15, 0.2) is 5.96 Å². The number of hydrogen-bond acceptors (Lipinski definition) is 3. The van der Waals surface area contributed by atoms with Gasteiger partial charge in [-0.1, -0.05) is 24.3 Å². The van der Waals surface area contributed by atoms with Crippen LogP contribution in [-0.2, 0) is 19.6 Å². The molecular weight excluding hydrogens is 362 g/mol. The second-order valence-corrected chi connectivity index (χ2v) is 7.10. The van der Waals surface area contributed by atoms with E-state index in [2.05, 4.69) is 69.7 Å². The van der Waals surface area contributed by atoms with Crippen molar-refractivity contribution in [3.63, 3.8) is 0 Å². The molecular formula is C22H31N7. The third-order valence-electron chi connectivity index (χ3n) is 4.70. The second-order valence-electron chi connectivity index (χ2n) is 7.10. The van der Waals surface area contributed by atoms with Gasteiger partial charge in [-0.2, -0.15) is 10.2 Å². The Morgan fingerprint density at radius 2 is 1.93 bits per heavy atom. The Morgan fingerprint density at radius 1 is 1.10 bits per heavy atom. The first-order chi connectivity index (χ1) is 14.2. The van der Waals surface area contributed by atoms with Crippen molar-refractivity contribution in [3.05, 3.63) is 71.3 Å². The molecule has 0 saturated carbocycles. The van der Waals surface area contributed by atoms with Crippen molar-refractivity contribution >= 4 is 5.96 Å². The quantitative estimate of drug-likeness (QED) is 0.333. The Morgan fingerprint density at radius 3 is 2.62 bits per heavy atom. The predicted molar refractivity (Wildman–Crippen MR) is 117 cm³/mol. The number of nitrogens with one attached hydrogen (secondary N) is 2. The van der Waals surface area contributed by atoms with Crippen LogP contribution in [0.4, 0.5) is 0 Å². The van der Waals surface area contributed by atoms with Crippen molar-refractivity contribution in [2.24, 2.45) is 4.99 Å². The lowest BCUT2D eigenvalue weighted by atomic mass is 10.1. The summed E-state index contributed by atoms with van der Waals surface area (Å²) < 4.78 is 4.00. The van der Waals surface area contributed by atoms with E-state index in [1.165, 1.54) is 16.8 Å². The molecule has 3 aromatic rings. The van der Waals surface area contributed by atoms with Crippen molar-refractivity contribution in [2.45, 2.75) is 46.8 Å². The Balaban J connectivity index is 1.55. The highest BCUT2D eigenvalue weighted by Gasteiger charge is 2.04. The molecule has 0 unspecified atom stereocenters. The summed E-state index contributed by atoms with van der Waals surface area (Å²) in [4.78, 5) is 4.78. The fourth-order valence-corrected chi connectivity index (χ4v) is 3.28. The molecule has 0 spiro atoms. The Labute approximate surface area is 172 Å². The molecule has 3 rings (SSSR count). The number of aliphatic imine (C=N–C) groups is 1. The van der Waals surface area contributed by atoms with Crippen LogP contribution in [0.2, 0.25) is 0 Å². The van der Waals surface area contributed by atoms with E-state index in [1.54, 1.807) is 6.20 Å².